The monoisotopic (exact) mass is 329 g/mol. The van der Waals surface area contributed by atoms with Crippen LogP contribution >= 0.6 is 0 Å². The molecule has 1 N–H and O–H groups in total. The summed E-state index contributed by atoms with van der Waals surface area (Å²) in [7, 11) is 0. The van der Waals surface area contributed by atoms with Crippen LogP contribution in [0.4, 0.5) is 5.82 Å². The third-order valence-corrected chi connectivity index (χ3v) is 4.22. The lowest BCUT2D eigenvalue weighted by atomic mass is 10.1. The fourth-order valence-corrected chi connectivity index (χ4v) is 2.91. The normalized spacial score (nSPS) is 22.3. The van der Waals surface area contributed by atoms with Crippen molar-refractivity contribution >= 4 is 11.7 Å². The number of amides is 1. The topological polar surface area (TPSA) is 74.6 Å². The molecule has 1 saturated heterocycles. The number of para-hydroxylation sites is 2. The largest absolute Gasteiger partial charge is 0.485 e. The molecule has 1 aromatic carbocycles. The van der Waals surface area contributed by atoms with Gasteiger partial charge in [0.05, 0.1) is 12.8 Å². The number of anilines is 1. The average Bonchev–Trinajstić information content (AvgIpc) is 3.27. The first kappa shape index (κ1) is 15.0. The van der Waals surface area contributed by atoms with Crippen molar-refractivity contribution in [2.45, 2.75) is 19.1 Å². The second-order valence-electron chi connectivity index (χ2n) is 5.98. The molecule has 2 aliphatic rings. The summed E-state index contributed by atoms with van der Waals surface area (Å²) in [6.45, 7) is 2.45. The van der Waals surface area contributed by atoms with Gasteiger partial charge in [-0.05, 0) is 18.6 Å². The van der Waals surface area contributed by atoms with Gasteiger partial charge in [-0.2, -0.15) is 5.10 Å². The second-order valence-corrected chi connectivity index (χ2v) is 5.98. The van der Waals surface area contributed by atoms with E-state index in [1.54, 1.807) is 23.0 Å². The summed E-state index contributed by atoms with van der Waals surface area (Å²) in [5.41, 5.74) is 0. The van der Waals surface area contributed by atoms with E-state index in [9.17, 15) is 4.79 Å². The molecule has 0 spiro atoms. The molecule has 0 unspecified atom stereocenters. The van der Waals surface area contributed by atoms with Gasteiger partial charge < -0.3 is 19.5 Å². The standard InChI is InChI=1S/C17H19N3O4/c21-17(15-11-23-13-3-1-2-4-14(13)24-15)19-16-5-7-18-20(16)9-12-6-8-22-10-12/h1-5,7,12,15H,6,8-11H2,(H,19,21)/t12-,15-/m0/s1. The molecular formula is C17H19N3O4. The number of rotatable bonds is 4. The van der Waals surface area contributed by atoms with Gasteiger partial charge in [0.15, 0.2) is 11.5 Å². The van der Waals surface area contributed by atoms with E-state index in [2.05, 4.69) is 10.4 Å². The molecule has 0 saturated carbocycles. The molecule has 24 heavy (non-hydrogen) atoms. The SMILES string of the molecule is O=C(Nc1ccnn1C[C@@H]1CCOC1)[C@@H]1COc2ccccc2O1. The molecule has 3 heterocycles. The van der Waals surface area contributed by atoms with Crippen molar-refractivity contribution in [1.82, 2.24) is 9.78 Å². The Kier molecular flexibility index (Phi) is 4.08. The molecule has 1 fully saturated rings. The molecule has 2 atom stereocenters. The van der Waals surface area contributed by atoms with Crippen molar-refractivity contribution in [2.75, 3.05) is 25.1 Å². The summed E-state index contributed by atoms with van der Waals surface area (Å²) in [6.07, 6.45) is 2.01. The Hall–Kier alpha value is -2.54. The highest BCUT2D eigenvalue weighted by Gasteiger charge is 2.28. The smallest absolute Gasteiger partial charge is 0.270 e. The van der Waals surface area contributed by atoms with Crippen molar-refractivity contribution in [2.24, 2.45) is 5.92 Å². The zero-order chi connectivity index (χ0) is 16.4. The Labute approximate surface area is 139 Å². The first-order valence-electron chi connectivity index (χ1n) is 8.08. The minimum atomic E-state index is -0.682. The number of nitrogens with one attached hydrogen (secondary N) is 1. The maximum atomic E-state index is 12.5. The van der Waals surface area contributed by atoms with Crippen LogP contribution in [0.15, 0.2) is 36.5 Å². The fourth-order valence-electron chi connectivity index (χ4n) is 2.91. The number of hydrogen-bond acceptors (Lipinski definition) is 5. The Balaban J connectivity index is 1.41. The predicted molar refractivity (Wildman–Crippen MR) is 86.1 cm³/mol. The van der Waals surface area contributed by atoms with Gasteiger partial charge in [-0.15, -0.1) is 0 Å². The third kappa shape index (κ3) is 3.07. The van der Waals surface area contributed by atoms with E-state index in [-0.39, 0.29) is 12.5 Å². The zero-order valence-electron chi connectivity index (χ0n) is 13.2. The molecule has 1 aromatic heterocycles. The maximum absolute atomic E-state index is 12.5. The minimum absolute atomic E-state index is 0.188. The van der Waals surface area contributed by atoms with E-state index in [1.807, 2.05) is 18.2 Å². The van der Waals surface area contributed by atoms with Gasteiger partial charge in [0, 0.05) is 25.1 Å². The van der Waals surface area contributed by atoms with Gasteiger partial charge in [-0.25, -0.2) is 4.68 Å². The van der Waals surface area contributed by atoms with Crippen molar-refractivity contribution in [3.63, 3.8) is 0 Å². The first-order chi connectivity index (χ1) is 11.8. The minimum Gasteiger partial charge on any atom is -0.485 e. The van der Waals surface area contributed by atoms with Crippen LogP contribution in [0, 0.1) is 5.92 Å². The van der Waals surface area contributed by atoms with E-state index >= 15 is 0 Å². The summed E-state index contributed by atoms with van der Waals surface area (Å²) in [5, 5.41) is 7.17. The lowest BCUT2D eigenvalue weighted by molar-refractivity contribution is -0.125. The average molecular weight is 329 g/mol. The highest BCUT2D eigenvalue weighted by atomic mass is 16.6. The molecule has 1 amide bonds. The number of hydrogen-bond donors (Lipinski definition) is 1. The highest BCUT2D eigenvalue weighted by molar-refractivity contribution is 5.94. The zero-order valence-corrected chi connectivity index (χ0v) is 13.2. The van der Waals surface area contributed by atoms with Crippen molar-refractivity contribution in [3.05, 3.63) is 36.5 Å². The van der Waals surface area contributed by atoms with Crippen LogP contribution in [-0.2, 0) is 16.1 Å². The van der Waals surface area contributed by atoms with E-state index in [0.717, 1.165) is 26.2 Å². The lowest BCUT2D eigenvalue weighted by Gasteiger charge is -2.25. The molecule has 7 nitrogen and oxygen atoms in total. The Morgan fingerprint density at radius 1 is 1.25 bits per heavy atom. The van der Waals surface area contributed by atoms with Gasteiger partial charge in [-0.1, -0.05) is 12.1 Å². The summed E-state index contributed by atoms with van der Waals surface area (Å²) in [5.74, 6) is 2.10. The van der Waals surface area contributed by atoms with Gasteiger partial charge in [0.25, 0.3) is 5.91 Å². The van der Waals surface area contributed by atoms with Crippen molar-refractivity contribution in [1.29, 1.82) is 0 Å². The van der Waals surface area contributed by atoms with Crippen LogP contribution in [0.2, 0.25) is 0 Å². The quantitative estimate of drug-likeness (QED) is 0.924. The predicted octanol–water partition coefficient (Wildman–Crippen LogP) is 1.70. The number of benzene rings is 1. The number of fused-ring (bicyclic) bond motifs is 1. The molecular weight excluding hydrogens is 310 g/mol. The molecule has 2 aromatic rings. The Bertz CT molecular complexity index is 724. The summed E-state index contributed by atoms with van der Waals surface area (Å²) >= 11 is 0. The van der Waals surface area contributed by atoms with Crippen LogP contribution < -0.4 is 14.8 Å². The highest BCUT2D eigenvalue weighted by Crippen LogP contribution is 2.31. The lowest BCUT2D eigenvalue weighted by Crippen LogP contribution is -2.40. The molecule has 2 aliphatic heterocycles. The number of aromatic nitrogens is 2. The van der Waals surface area contributed by atoms with Crippen LogP contribution in [0.25, 0.3) is 0 Å². The Morgan fingerprint density at radius 3 is 2.96 bits per heavy atom. The van der Waals surface area contributed by atoms with Crippen LogP contribution in [0.1, 0.15) is 6.42 Å². The van der Waals surface area contributed by atoms with Crippen LogP contribution in [0.3, 0.4) is 0 Å². The second kappa shape index (κ2) is 6.52. The van der Waals surface area contributed by atoms with Gasteiger partial charge >= 0.3 is 0 Å². The van der Waals surface area contributed by atoms with Crippen molar-refractivity contribution in [3.8, 4) is 11.5 Å². The number of carbonyl (C=O) groups excluding carboxylic acids is 1. The molecule has 4 rings (SSSR count). The number of carbonyl (C=O) groups is 1. The molecule has 0 bridgehead atoms. The van der Waals surface area contributed by atoms with Crippen LogP contribution in [0.5, 0.6) is 11.5 Å². The van der Waals surface area contributed by atoms with E-state index < -0.39 is 6.10 Å². The summed E-state index contributed by atoms with van der Waals surface area (Å²) < 4.78 is 18.5. The first-order valence-corrected chi connectivity index (χ1v) is 8.08. The molecule has 7 heteroatoms. The number of ether oxygens (including phenoxy) is 3. The van der Waals surface area contributed by atoms with Gasteiger partial charge in [-0.3, -0.25) is 4.79 Å². The van der Waals surface area contributed by atoms with E-state index in [4.69, 9.17) is 14.2 Å². The molecule has 0 aliphatic carbocycles. The van der Waals surface area contributed by atoms with Gasteiger partial charge in [0.2, 0.25) is 6.10 Å². The Morgan fingerprint density at radius 2 is 2.12 bits per heavy atom. The fraction of sp³-hybridized carbons (Fsp3) is 0.412. The molecule has 0 radical (unpaired) electrons. The number of nitrogens with zero attached hydrogens (tertiary/aromatic N) is 2. The van der Waals surface area contributed by atoms with E-state index in [0.29, 0.717) is 23.2 Å². The summed E-state index contributed by atoms with van der Waals surface area (Å²) in [4.78, 5) is 12.5. The molecule has 126 valence electrons. The van der Waals surface area contributed by atoms with Crippen LogP contribution in [-0.4, -0.2) is 41.6 Å². The van der Waals surface area contributed by atoms with E-state index in [1.165, 1.54) is 0 Å². The van der Waals surface area contributed by atoms with Crippen molar-refractivity contribution < 1.29 is 19.0 Å². The summed E-state index contributed by atoms with van der Waals surface area (Å²) in [6, 6.07) is 9.11. The maximum Gasteiger partial charge on any atom is 0.270 e. The van der Waals surface area contributed by atoms with Gasteiger partial charge in [0.1, 0.15) is 12.4 Å². The third-order valence-electron chi connectivity index (χ3n) is 4.22.